The summed E-state index contributed by atoms with van der Waals surface area (Å²) in [4.78, 5) is -0.482. The van der Waals surface area contributed by atoms with Gasteiger partial charge in [0.25, 0.3) is 20.2 Å². The molecule has 3 atom stereocenters. The molecular weight excluding hydrogens is 445 g/mol. The fourth-order valence-electron chi connectivity index (χ4n) is 2.57. The smallest absolute Gasteiger partial charge is 0.263 e. The molecule has 30 heavy (non-hydrogen) atoms. The Morgan fingerprint density at radius 1 is 0.767 bits per heavy atom. The highest BCUT2D eigenvalue weighted by atomic mass is 32.2. The van der Waals surface area contributed by atoms with Crippen LogP contribution in [0, 0.1) is 5.92 Å². The van der Waals surface area contributed by atoms with E-state index in [0.717, 1.165) is 0 Å². The molecule has 0 heterocycles. The molecule has 11 heteroatoms. The normalized spacial score (nSPS) is 16.0. The first-order valence-corrected chi connectivity index (χ1v) is 11.7. The van der Waals surface area contributed by atoms with E-state index >= 15 is 0 Å². The monoisotopic (exact) mass is 466 g/mol. The summed E-state index contributed by atoms with van der Waals surface area (Å²) < 4.78 is 98.7. The van der Waals surface area contributed by atoms with E-state index in [1.54, 1.807) is 12.1 Å². The number of alkyl halides is 3. The van der Waals surface area contributed by atoms with Gasteiger partial charge < -0.3 is 0 Å². The van der Waals surface area contributed by atoms with Crippen molar-refractivity contribution in [2.45, 2.75) is 48.4 Å². The minimum atomic E-state index is -4.75. The van der Waals surface area contributed by atoms with Crippen LogP contribution >= 0.6 is 0 Å². The third kappa shape index (κ3) is 6.79. The first kappa shape index (κ1) is 24.3. The summed E-state index contributed by atoms with van der Waals surface area (Å²) in [6, 6.07) is 13.8. The minimum Gasteiger partial charge on any atom is -0.263 e. The van der Waals surface area contributed by atoms with Crippen LogP contribution in [0.4, 0.5) is 13.2 Å². The summed E-state index contributed by atoms with van der Waals surface area (Å²) in [5, 5.41) is 0. The van der Waals surface area contributed by atoms with Crippen LogP contribution in [0.5, 0.6) is 0 Å². The lowest BCUT2D eigenvalue weighted by Gasteiger charge is -2.28. The second-order valence-electron chi connectivity index (χ2n) is 6.65. The fourth-order valence-corrected chi connectivity index (χ4v) is 4.92. The van der Waals surface area contributed by atoms with E-state index in [4.69, 9.17) is 8.37 Å². The summed E-state index contributed by atoms with van der Waals surface area (Å²) >= 11 is 0. The zero-order valence-electron chi connectivity index (χ0n) is 16.1. The molecule has 0 bridgehead atoms. The Morgan fingerprint density at radius 3 is 1.57 bits per heavy atom. The molecular formula is C19H21F3O6S2. The van der Waals surface area contributed by atoms with Gasteiger partial charge in [-0.05, 0) is 31.2 Å². The lowest BCUT2D eigenvalue weighted by atomic mass is 9.97. The Balaban J connectivity index is 2.25. The molecule has 0 aliphatic carbocycles. The van der Waals surface area contributed by atoms with Gasteiger partial charge in [-0.15, -0.1) is 0 Å². The highest BCUT2D eigenvalue weighted by Crippen LogP contribution is 2.32. The van der Waals surface area contributed by atoms with Gasteiger partial charge in [0.2, 0.25) is 0 Å². The van der Waals surface area contributed by atoms with Gasteiger partial charge in [0.05, 0.1) is 28.4 Å². The third-order valence-corrected chi connectivity index (χ3v) is 7.11. The summed E-state index contributed by atoms with van der Waals surface area (Å²) in [6.45, 7) is 2.48. The first-order chi connectivity index (χ1) is 13.8. The van der Waals surface area contributed by atoms with Gasteiger partial charge >= 0.3 is 6.18 Å². The Labute approximate surface area is 173 Å². The molecule has 0 aliphatic heterocycles. The molecule has 0 aliphatic rings. The van der Waals surface area contributed by atoms with E-state index in [9.17, 15) is 30.0 Å². The molecule has 0 N–H and O–H groups in total. The highest BCUT2D eigenvalue weighted by Gasteiger charge is 2.40. The van der Waals surface area contributed by atoms with Gasteiger partial charge in [-0.25, -0.2) is 0 Å². The quantitative estimate of drug-likeness (QED) is 0.516. The SMILES string of the molecule is CC(OS(=O)(=O)c1ccccc1)C(C)C(CC(F)(F)F)OS(=O)(=O)c1ccccc1. The molecule has 6 nitrogen and oxygen atoms in total. The van der Waals surface area contributed by atoms with E-state index in [1.165, 1.54) is 62.4 Å². The fraction of sp³-hybridized carbons (Fsp3) is 0.368. The lowest BCUT2D eigenvalue weighted by Crippen LogP contribution is -2.37. The predicted molar refractivity (Wildman–Crippen MR) is 103 cm³/mol. The van der Waals surface area contributed by atoms with Crippen LogP contribution in [0.15, 0.2) is 70.5 Å². The standard InChI is InChI=1S/C19H21F3O6S2/c1-14(15(2)27-29(23,24)16-9-5-3-6-10-16)18(13-19(20,21)22)28-30(25,26)17-11-7-4-8-12-17/h3-12,14-15,18H,13H2,1-2H3. The number of hydrogen-bond donors (Lipinski definition) is 0. The van der Waals surface area contributed by atoms with E-state index in [2.05, 4.69) is 0 Å². The van der Waals surface area contributed by atoms with Crippen molar-refractivity contribution in [3.05, 3.63) is 60.7 Å². The van der Waals surface area contributed by atoms with Crippen LogP contribution in [0.2, 0.25) is 0 Å². The number of halogens is 3. The van der Waals surface area contributed by atoms with Gasteiger partial charge in [-0.1, -0.05) is 43.3 Å². The lowest BCUT2D eigenvalue weighted by molar-refractivity contribution is -0.157. The Hall–Kier alpha value is -1.95. The van der Waals surface area contributed by atoms with E-state index in [1.807, 2.05) is 0 Å². The Kier molecular flexibility index (Phi) is 7.67. The molecule has 0 fully saturated rings. The molecule has 0 spiro atoms. The summed E-state index contributed by atoms with van der Waals surface area (Å²) in [5.41, 5.74) is 0. The largest absolute Gasteiger partial charge is 0.391 e. The minimum absolute atomic E-state index is 0.172. The van der Waals surface area contributed by atoms with Crippen molar-refractivity contribution in [1.82, 2.24) is 0 Å². The molecule has 0 aromatic heterocycles. The van der Waals surface area contributed by atoms with E-state index < -0.39 is 51.0 Å². The van der Waals surface area contributed by atoms with Crippen molar-refractivity contribution in [2.24, 2.45) is 5.92 Å². The number of rotatable bonds is 9. The van der Waals surface area contributed by atoms with E-state index in [0.29, 0.717) is 0 Å². The zero-order valence-corrected chi connectivity index (χ0v) is 17.7. The number of hydrogen-bond acceptors (Lipinski definition) is 6. The molecule has 0 radical (unpaired) electrons. The Morgan fingerprint density at radius 2 is 1.17 bits per heavy atom. The summed E-state index contributed by atoms with van der Waals surface area (Å²) in [6.07, 6.45) is -9.53. The van der Waals surface area contributed by atoms with Crippen molar-refractivity contribution >= 4 is 20.2 Å². The molecule has 2 rings (SSSR count). The van der Waals surface area contributed by atoms with Crippen molar-refractivity contribution in [3.8, 4) is 0 Å². The van der Waals surface area contributed by atoms with Crippen molar-refractivity contribution in [2.75, 3.05) is 0 Å². The molecule has 3 unspecified atom stereocenters. The highest BCUT2D eigenvalue weighted by molar-refractivity contribution is 7.87. The van der Waals surface area contributed by atoms with Crippen LogP contribution in [0.3, 0.4) is 0 Å². The van der Waals surface area contributed by atoms with Crippen molar-refractivity contribution in [1.29, 1.82) is 0 Å². The molecule has 2 aromatic carbocycles. The van der Waals surface area contributed by atoms with Crippen LogP contribution in [0.25, 0.3) is 0 Å². The maximum atomic E-state index is 13.1. The summed E-state index contributed by atoms with van der Waals surface area (Å²) in [5.74, 6) is -1.23. The van der Waals surface area contributed by atoms with Crippen molar-refractivity contribution < 1.29 is 38.4 Å². The average molecular weight is 466 g/mol. The molecule has 0 saturated carbocycles. The summed E-state index contributed by atoms with van der Waals surface area (Å²) in [7, 11) is -8.78. The van der Waals surface area contributed by atoms with Crippen LogP contribution < -0.4 is 0 Å². The second-order valence-corrected chi connectivity index (χ2v) is 9.79. The zero-order chi connectivity index (χ0) is 22.6. The average Bonchev–Trinajstić information content (AvgIpc) is 2.66. The maximum absolute atomic E-state index is 13.1. The van der Waals surface area contributed by atoms with Crippen molar-refractivity contribution in [3.63, 3.8) is 0 Å². The third-order valence-electron chi connectivity index (χ3n) is 4.35. The topological polar surface area (TPSA) is 86.7 Å². The Bertz CT molecular complexity index is 1020. The van der Waals surface area contributed by atoms with E-state index in [-0.39, 0.29) is 9.79 Å². The molecule has 2 aromatic rings. The van der Waals surface area contributed by atoms with Crippen LogP contribution in [0.1, 0.15) is 20.3 Å². The van der Waals surface area contributed by atoms with Gasteiger partial charge in [0, 0.05) is 5.92 Å². The first-order valence-electron chi connectivity index (χ1n) is 8.85. The van der Waals surface area contributed by atoms with Gasteiger partial charge in [-0.2, -0.15) is 30.0 Å². The second kappa shape index (κ2) is 9.46. The van der Waals surface area contributed by atoms with Crippen LogP contribution in [-0.2, 0) is 28.6 Å². The van der Waals surface area contributed by atoms with Gasteiger partial charge in [0.1, 0.15) is 0 Å². The predicted octanol–water partition coefficient (Wildman–Crippen LogP) is 4.14. The molecule has 0 saturated heterocycles. The van der Waals surface area contributed by atoms with Gasteiger partial charge in [-0.3, -0.25) is 8.37 Å². The molecule has 166 valence electrons. The van der Waals surface area contributed by atoms with Gasteiger partial charge in [0.15, 0.2) is 0 Å². The molecule has 0 amide bonds. The maximum Gasteiger partial charge on any atom is 0.391 e. The van der Waals surface area contributed by atoms with Crippen LogP contribution in [-0.4, -0.2) is 35.2 Å². The number of benzene rings is 2.